The van der Waals surface area contributed by atoms with Crippen molar-refractivity contribution in [3.63, 3.8) is 0 Å². The van der Waals surface area contributed by atoms with Crippen molar-refractivity contribution in [3.8, 4) is 0 Å². The van der Waals surface area contributed by atoms with Gasteiger partial charge < -0.3 is 14.6 Å². The summed E-state index contributed by atoms with van der Waals surface area (Å²) in [5, 5.41) is 10.9. The molecular weight excluding hydrogens is 384 g/mol. The molecule has 3 unspecified atom stereocenters. The molecule has 0 spiro atoms. The lowest BCUT2D eigenvalue weighted by molar-refractivity contribution is 0.0799. The van der Waals surface area contributed by atoms with Crippen molar-refractivity contribution in [2.75, 3.05) is 0 Å². The molecule has 0 bridgehead atoms. The highest BCUT2D eigenvalue weighted by Crippen LogP contribution is 2.50. The Bertz CT molecular complexity index is 919. The number of aliphatic hydroxyl groups excluding tert-OH is 1. The Balaban J connectivity index is 1.54. The van der Waals surface area contributed by atoms with Crippen LogP contribution in [0.1, 0.15) is 42.4 Å². The van der Waals surface area contributed by atoms with Crippen molar-refractivity contribution in [1.82, 2.24) is 0 Å². The molecule has 3 nitrogen and oxygen atoms in total. The predicted octanol–water partition coefficient (Wildman–Crippen LogP) is 5.58. The second-order valence-electron chi connectivity index (χ2n) is 8.48. The van der Waals surface area contributed by atoms with Crippen molar-refractivity contribution in [1.29, 1.82) is 0 Å². The maximum atomic E-state index is 10.9. The first-order valence-corrected chi connectivity index (χ1v) is 11.1. The number of benzene rings is 3. The number of aliphatic hydroxyl groups is 1. The van der Waals surface area contributed by atoms with Crippen molar-refractivity contribution in [2.45, 2.75) is 49.1 Å². The highest BCUT2D eigenvalue weighted by molar-refractivity contribution is 5.47. The molecule has 3 atom stereocenters. The van der Waals surface area contributed by atoms with E-state index >= 15 is 0 Å². The number of hydrogen-bond donors (Lipinski definition) is 1. The lowest BCUT2D eigenvalue weighted by Gasteiger charge is -2.35. The van der Waals surface area contributed by atoms with Crippen LogP contribution in [0.15, 0.2) is 103 Å². The Kier molecular flexibility index (Phi) is 5.39. The van der Waals surface area contributed by atoms with E-state index in [1.54, 1.807) is 12.3 Å². The van der Waals surface area contributed by atoms with Gasteiger partial charge in [-0.25, -0.2) is 0 Å². The van der Waals surface area contributed by atoms with E-state index in [1.165, 1.54) is 6.42 Å². The number of epoxide rings is 1. The fourth-order valence-corrected chi connectivity index (χ4v) is 4.99. The Labute approximate surface area is 184 Å². The molecule has 1 aliphatic heterocycles. The van der Waals surface area contributed by atoms with E-state index in [2.05, 4.69) is 36.4 Å². The first-order chi connectivity index (χ1) is 15.3. The number of ether oxygens (including phenoxy) is 2. The Morgan fingerprint density at radius 2 is 1.35 bits per heavy atom. The van der Waals surface area contributed by atoms with Crippen LogP contribution >= 0.6 is 0 Å². The molecule has 2 fully saturated rings. The molecule has 1 heterocycles. The van der Waals surface area contributed by atoms with Gasteiger partial charge in [0, 0.05) is 16.7 Å². The van der Waals surface area contributed by atoms with E-state index in [1.807, 2.05) is 54.6 Å². The van der Waals surface area contributed by atoms with E-state index in [9.17, 15) is 5.11 Å². The maximum Gasteiger partial charge on any atom is 0.183 e. The fourth-order valence-electron chi connectivity index (χ4n) is 4.99. The topological polar surface area (TPSA) is 42.0 Å². The zero-order valence-electron chi connectivity index (χ0n) is 17.6. The minimum Gasteiger partial charge on any atom is -0.481 e. The molecule has 3 heteroatoms. The molecule has 1 N–H and O–H groups in total. The third-order valence-electron chi connectivity index (χ3n) is 6.68. The number of hydrogen-bond acceptors (Lipinski definition) is 3. The summed E-state index contributed by atoms with van der Waals surface area (Å²) in [6.45, 7) is 0. The molecule has 0 radical (unpaired) electrons. The normalized spacial score (nSPS) is 23.8. The van der Waals surface area contributed by atoms with E-state index in [0.29, 0.717) is 0 Å². The summed E-state index contributed by atoms with van der Waals surface area (Å²) in [6.07, 6.45) is 7.16. The molecule has 158 valence electrons. The highest BCUT2D eigenvalue weighted by Gasteiger charge is 2.61. The van der Waals surface area contributed by atoms with Crippen molar-refractivity contribution < 1.29 is 14.6 Å². The van der Waals surface area contributed by atoms with Gasteiger partial charge in [0.25, 0.3) is 0 Å². The summed E-state index contributed by atoms with van der Waals surface area (Å²) in [5.41, 5.74) is 1.86. The Hall–Kier alpha value is -2.88. The van der Waals surface area contributed by atoms with Crippen molar-refractivity contribution >= 4 is 0 Å². The molecule has 1 saturated carbocycles. The first kappa shape index (κ1) is 20.0. The molecule has 31 heavy (non-hydrogen) atoms. The summed E-state index contributed by atoms with van der Waals surface area (Å²) >= 11 is 0. The van der Waals surface area contributed by atoms with Gasteiger partial charge in [0.05, 0.1) is 12.4 Å². The van der Waals surface area contributed by atoms with Crippen LogP contribution in [-0.2, 0) is 15.1 Å². The third kappa shape index (κ3) is 3.58. The van der Waals surface area contributed by atoms with E-state index in [0.717, 1.165) is 36.0 Å². The second kappa shape index (κ2) is 8.33. The van der Waals surface area contributed by atoms with Crippen LogP contribution in [0.2, 0.25) is 0 Å². The van der Waals surface area contributed by atoms with Crippen LogP contribution in [0.25, 0.3) is 0 Å². The number of fused-ring (bicyclic) bond motifs is 1. The molecule has 5 rings (SSSR count). The molecule has 1 saturated heterocycles. The van der Waals surface area contributed by atoms with Gasteiger partial charge in [-0.2, -0.15) is 0 Å². The highest BCUT2D eigenvalue weighted by atomic mass is 16.6. The minimum absolute atomic E-state index is 0.183. The Morgan fingerprint density at radius 1 is 0.839 bits per heavy atom. The predicted molar refractivity (Wildman–Crippen MR) is 122 cm³/mol. The Morgan fingerprint density at radius 3 is 1.84 bits per heavy atom. The van der Waals surface area contributed by atoms with Crippen LogP contribution in [-0.4, -0.2) is 22.9 Å². The zero-order valence-corrected chi connectivity index (χ0v) is 17.6. The summed E-state index contributed by atoms with van der Waals surface area (Å²) < 4.78 is 12.5. The number of rotatable bonds is 7. The maximum absolute atomic E-state index is 10.9. The molecule has 3 aromatic carbocycles. The molecule has 0 amide bonds. The zero-order chi connectivity index (χ0) is 21.2. The standard InChI is InChI=1S/C28H28O3/c29-25(27-20-11-10-18-26(27)31-27)19-21-30-28(22-12-4-1-5-13-22,23-14-6-2-7-15-23)24-16-8-3-9-17-24/h1-9,12-17,19,21,25-26,29H,10-11,18,20H2/b21-19+. The van der Waals surface area contributed by atoms with Crippen LogP contribution in [0.4, 0.5) is 0 Å². The minimum atomic E-state index is -0.825. The molecule has 1 aliphatic carbocycles. The smallest absolute Gasteiger partial charge is 0.183 e. The molecule has 2 aliphatic rings. The SMILES string of the molecule is OC(/C=C/OC(c1ccccc1)(c1ccccc1)c1ccccc1)C12CCCCC1O2. The summed E-state index contributed by atoms with van der Waals surface area (Å²) in [6, 6.07) is 30.7. The lowest BCUT2D eigenvalue weighted by Crippen LogP contribution is -2.34. The summed E-state index contributed by atoms with van der Waals surface area (Å²) in [4.78, 5) is 0. The monoisotopic (exact) mass is 412 g/mol. The average molecular weight is 413 g/mol. The summed E-state index contributed by atoms with van der Waals surface area (Å²) in [7, 11) is 0. The summed E-state index contributed by atoms with van der Waals surface area (Å²) in [5.74, 6) is 0. The van der Waals surface area contributed by atoms with Crippen LogP contribution in [0.3, 0.4) is 0 Å². The van der Waals surface area contributed by atoms with Gasteiger partial charge in [-0.3, -0.25) is 0 Å². The quantitative estimate of drug-likeness (QED) is 0.313. The van der Waals surface area contributed by atoms with Crippen molar-refractivity contribution in [3.05, 3.63) is 120 Å². The van der Waals surface area contributed by atoms with Gasteiger partial charge in [0.1, 0.15) is 11.7 Å². The van der Waals surface area contributed by atoms with Gasteiger partial charge >= 0.3 is 0 Å². The second-order valence-corrected chi connectivity index (χ2v) is 8.48. The van der Waals surface area contributed by atoms with E-state index in [4.69, 9.17) is 9.47 Å². The average Bonchev–Trinajstić information content (AvgIpc) is 3.60. The van der Waals surface area contributed by atoms with Gasteiger partial charge in [-0.1, -0.05) is 104 Å². The van der Waals surface area contributed by atoms with Crippen LogP contribution < -0.4 is 0 Å². The fraction of sp³-hybridized carbons (Fsp3) is 0.286. The van der Waals surface area contributed by atoms with Gasteiger partial charge in [0.2, 0.25) is 0 Å². The van der Waals surface area contributed by atoms with Crippen LogP contribution in [0, 0.1) is 0 Å². The van der Waals surface area contributed by atoms with Crippen LogP contribution in [0.5, 0.6) is 0 Å². The lowest BCUT2D eigenvalue weighted by atomic mass is 9.80. The molecular formula is C28H28O3. The first-order valence-electron chi connectivity index (χ1n) is 11.1. The van der Waals surface area contributed by atoms with Crippen molar-refractivity contribution in [2.24, 2.45) is 0 Å². The van der Waals surface area contributed by atoms with Gasteiger partial charge in [-0.05, 0) is 18.9 Å². The molecule has 0 aromatic heterocycles. The van der Waals surface area contributed by atoms with E-state index < -0.39 is 17.3 Å². The largest absolute Gasteiger partial charge is 0.481 e. The third-order valence-corrected chi connectivity index (χ3v) is 6.68. The van der Waals surface area contributed by atoms with Gasteiger partial charge in [0.15, 0.2) is 5.60 Å². The molecule has 3 aromatic rings. The van der Waals surface area contributed by atoms with E-state index in [-0.39, 0.29) is 6.10 Å². The van der Waals surface area contributed by atoms with Gasteiger partial charge in [-0.15, -0.1) is 0 Å².